The largest absolute Gasteiger partial charge is 0.442 e. The molecule has 0 aromatic carbocycles. The molecule has 0 fully saturated rings. The molecule has 3 aromatic heterocycles. The number of hydrogen-bond acceptors (Lipinski definition) is 6. The third kappa shape index (κ3) is 3.13. The van der Waals surface area contributed by atoms with Crippen molar-refractivity contribution in [3.8, 4) is 17.4 Å². The molecular formula is C15H15ClN6O2. The summed E-state index contributed by atoms with van der Waals surface area (Å²) in [7, 11) is 0. The Morgan fingerprint density at radius 2 is 2.08 bits per heavy atom. The van der Waals surface area contributed by atoms with Crippen molar-refractivity contribution in [2.24, 2.45) is 0 Å². The topological polar surface area (TPSA) is 98.7 Å². The van der Waals surface area contributed by atoms with Crippen LogP contribution in [-0.2, 0) is 4.79 Å². The van der Waals surface area contributed by atoms with Crippen LogP contribution >= 0.6 is 11.6 Å². The zero-order chi connectivity index (χ0) is 17.3. The molecular weight excluding hydrogens is 332 g/mol. The number of oxazole rings is 1. The molecule has 24 heavy (non-hydrogen) atoms. The lowest BCUT2D eigenvalue weighted by atomic mass is 10.2. The van der Waals surface area contributed by atoms with Gasteiger partial charge in [0, 0.05) is 11.8 Å². The summed E-state index contributed by atoms with van der Waals surface area (Å²) in [5, 5.41) is 7.00. The van der Waals surface area contributed by atoms with Gasteiger partial charge in [0.15, 0.2) is 12.2 Å². The number of alkyl halides is 1. The lowest BCUT2D eigenvalue weighted by Gasteiger charge is -2.09. The minimum atomic E-state index is -0.366. The lowest BCUT2D eigenvalue weighted by molar-refractivity contribution is -0.113. The number of nitrogens with zero attached hydrogens (tertiary/aromatic N) is 5. The highest BCUT2D eigenvalue weighted by molar-refractivity contribution is 6.29. The molecule has 3 aromatic rings. The maximum atomic E-state index is 11.6. The summed E-state index contributed by atoms with van der Waals surface area (Å²) in [5.41, 5.74) is 2.88. The smallest absolute Gasteiger partial charge is 0.253 e. The molecule has 0 aliphatic carbocycles. The molecule has 1 N–H and O–H groups in total. The normalized spacial score (nSPS) is 10.8. The number of aromatic nitrogens is 5. The van der Waals surface area contributed by atoms with E-state index in [0.717, 1.165) is 11.4 Å². The molecule has 1 amide bonds. The molecule has 0 aliphatic rings. The molecule has 0 radical (unpaired) electrons. The Morgan fingerprint density at radius 1 is 1.29 bits per heavy atom. The minimum Gasteiger partial charge on any atom is -0.442 e. The predicted octanol–water partition coefficient (Wildman–Crippen LogP) is 2.42. The molecule has 9 heteroatoms. The quantitative estimate of drug-likeness (QED) is 0.728. The van der Waals surface area contributed by atoms with Crippen molar-refractivity contribution in [3.63, 3.8) is 0 Å². The van der Waals surface area contributed by atoms with Crippen molar-refractivity contribution in [2.45, 2.75) is 20.8 Å². The average molecular weight is 347 g/mol. The predicted molar refractivity (Wildman–Crippen MR) is 88.2 cm³/mol. The summed E-state index contributed by atoms with van der Waals surface area (Å²) in [6.45, 7) is 5.58. The number of amides is 1. The monoisotopic (exact) mass is 346 g/mol. The third-order valence-electron chi connectivity index (χ3n) is 3.28. The van der Waals surface area contributed by atoms with E-state index in [1.165, 1.54) is 6.39 Å². The lowest BCUT2D eigenvalue weighted by Crippen LogP contribution is -2.16. The molecule has 0 spiro atoms. The van der Waals surface area contributed by atoms with E-state index in [1.54, 1.807) is 17.7 Å². The second-order valence-electron chi connectivity index (χ2n) is 5.23. The number of nitrogens with one attached hydrogen (secondary N) is 1. The summed E-state index contributed by atoms with van der Waals surface area (Å²) in [4.78, 5) is 24.5. The van der Waals surface area contributed by atoms with Crippen molar-refractivity contribution in [2.75, 3.05) is 11.2 Å². The van der Waals surface area contributed by atoms with Gasteiger partial charge >= 0.3 is 0 Å². The van der Waals surface area contributed by atoms with Crippen molar-refractivity contribution < 1.29 is 9.21 Å². The highest BCUT2D eigenvalue weighted by atomic mass is 35.5. The highest BCUT2D eigenvalue weighted by Crippen LogP contribution is 2.24. The van der Waals surface area contributed by atoms with Crippen LogP contribution in [0.25, 0.3) is 17.4 Å². The van der Waals surface area contributed by atoms with Gasteiger partial charge in [-0.2, -0.15) is 10.1 Å². The summed E-state index contributed by atoms with van der Waals surface area (Å²) < 4.78 is 6.99. The van der Waals surface area contributed by atoms with Crippen molar-refractivity contribution in [3.05, 3.63) is 35.6 Å². The number of rotatable bonds is 4. The molecule has 0 saturated carbocycles. The summed E-state index contributed by atoms with van der Waals surface area (Å²) in [5.74, 6) is 0.592. The van der Waals surface area contributed by atoms with Crippen LogP contribution in [0.1, 0.15) is 17.1 Å². The van der Waals surface area contributed by atoms with E-state index in [-0.39, 0.29) is 11.8 Å². The van der Waals surface area contributed by atoms with Crippen molar-refractivity contribution in [1.82, 2.24) is 24.7 Å². The van der Waals surface area contributed by atoms with E-state index < -0.39 is 0 Å². The molecule has 0 unspecified atom stereocenters. The maximum Gasteiger partial charge on any atom is 0.253 e. The van der Waals surface area contributed by atoms with E-state index in [9.17, 15) is 4.79 Å². The molecule has 3 rings (SSSR count). The number of carbonyl (C=O) groups excluding carboxylic acids is 1. The molecule has 0 bridgehead atoms. The number of aryl methyl sites for hydroxylation is 3. The van der Waals surface area contributed by atoms with Crippen LogP contribution < -0.4 is 5.32 Å². The van der Waals surface area contributed by atoms with Crippen LogP contribution in [0.4, 0.5) is 5.82 Å². The molecule has 0 atom stereocenters. The van der Waals surface area contributed by atoms with Crippen LogP contribution in [0.5, 0.6) is 0 Å². The molecule has 8 nitrogen and oxygen atoms in total. The standard InChI is InChI=1S/C15H15ClN6O2/c1-8-4-9(2)22(21-8)15-18-11(14-10(3)17-7-24-14)5-12(20-15)19-13(23)6-16/h4-5,7H,6H2,1-3H3,(H,18,19,20,23). The van der Waals surface area contributed by atoms with Crippen LogP contribution in [0, 0.1) is 20.8 Å². The van der Waals surface area contributed by atoms with Crippen LogP contribution in [0.2, 0.25) is 0 Å². The van der Waals surface area contributed by atoms with Gasteiger partial charge in [0.1, 0.15) is 17.4 Å². The number of halogens is 1. The van der Waals surface area contributed by atoms with Gasteiger partial charge in [0.05, 0.1) is 11.4 Å². The van der Waals surface area contributed by atoms with Gasteiger partial charge in [-0.25, -0.2) is 14.6 Å². The Balaban J connectivity index is 2.14. The second kappa shape index (κ2) is 6.40. The molecule has 0 saturated heterocycles. The van der Waals surface area contributed by atoms with Gasteiger partial charge < -0.3 is 9.73 Å². The Bertz CT molecular complexity index is 901. The summed E-state index contributed by atoms with van der Waals surface area (Å²) in [6, 6.07) is 3.51. The summed E-state index contributed by atoms with van der Waals surface area (Å²) >= 11 is 5.55. The Kier molecular flexibility index (Phi) is 4.30. The molecule has 124 valence electrons. The van der Waals surface area contributed by atoms with Gasteiger partial charge in [-0.05, 0) is 26.8 Å². The highest BCUT2D eigenvalue weighted by Gasteiger charge is 2.16. The number of carbonyl (C=O) groups is 1. The van der Waals surface area contributed by atoms with E-state index >= 15 is 0 Å². The third-order valence-corrected chi connectivity index (χ3v) is 3.52. The van der Waals surface area contributed by atoms with E-state index in [0.29, 0.717) is 28.9 Å². The van der Waals surface area contributed by atoms with Crippen LogP contribution in [-0.4, -0.2) is 36.5 Å². The van der Waals surface area contributed by atoms with E-state index in [1.807, 2.05) is 19.9 Å². The first-order chi connectivity index (χ1) is 11.5. The van der Waals surface area contributed by atoms with E-state index in [2.05, 4.69) is 25.4 Å². The van der Waals surface area contributed by atoms with Crippen molar-refractivity contribution >= 4 is 23.3 Å². The van der Waals surface area contributed by atoms with E-state index in [4.69, 9.17) is 16.0 Å². The first kappa shape index (κ1) is 16.1. The SMILES string of the molecule is Cc1cc(C)n(-c2nc(NC(=O)CCl)cc(-c3ocnc3C)n2)n1. The van der Waals surface area contributed by atoms with Gasteiger partial charge in [0.25, 0.3) is 5.95 Å². The second-order valence-corrected chi connectivity index (χ2v) is 5.49. The fourth-order valence-electron chi connectivity index (χ4n) is 2.26. The van der Waals surface area contributed by atoms with Gasteiger partial charge in [0.2, 0.25) is 5.91 Å². The zero-order valence-electron chi connectivity index (χ0n) is 13.4. The number of anilines is 1. The van der Waals surface area contributed by atoms with Gasteiger partial charge in [-0.1, -0.05) is 0 Å². The van der Waals surface area contributed by atoms with Gasteiger partial charge in [-0.15, -0.1) is 11.6 Å². The zero-order valence-corrected chi connectivity index (χ0v) is 14.1. The Labute approximate surface area is 142 Å². The van der Waals surface area contributed by atoms with Crippen LogP contribution in [0.15, 0.2) is 22.9 Å². The first-order valence-electron chi connectivity index (χ1n) is 7.17. The first-order valence-corrected chi connectivity index (χ1v) is 7.70. The Morgan fingerprint density at radius 3 is 2.67 bits per heavy atom. The number of hydrogen-bond donors (Lipinski definition) is 1. The average Bonchev–Trinajstić information content (AvgIpc) is 3.12. The van der Waals surface area contributed by atoms with Crippen molar-refractivity contribution in [1.29, 1.82) is 0 Å². The maximum absolute atomic E-state index is 11.6. The van der Waals surface area contributed by atoms with Crippen LogP contribution in [0.3, 0.4) is 0 Å². The molecule has 0 aliphatic heterocycles. The minimum absolute atomic E-state index is 0.171. The fourth-order valence-corrected chi connectivity index (χ4v) is 2.33. The molecule has 3 heterocycles. The fraction of sp³-hybridized carbons (Fsp3) is 0.267. The van der Waals surface area contributed by atoms with Gasteiger partial charge in [-0.3, -0.25) is 4.79 Å². The summed E-state index contributed by atoms with van der Waals surface area (Å²) in [6.07, 6.45) is 1.34. The Hall–Kier alpha value is -2.74.